The van der Waals surface area contributed by atoms with Crippen molar-refractivity contribution in [1.82, 2.24) is 10.2 Å². The number of rotatable bonds is 4. The maximum atomic E-state index is 15.4. The molecule has 9 heteroatoms. The van der Waals surface area contributed by atoms with Crippen molar-refractivity contribution in [3.63, 3.8) is 0 Å². The molecule has 2 amide bonds. The molecule has 1 spiro atoms. The summed E-state index contributed by atoms with van der Waals surface area (Å²) in [6.07, 6.45) is 0.346. The second kappa shape index (κ2) is 12.0. The summed E-state index contributed by atoms with van der Waals surface area (Å²) in [6.45, 7) is 8.13. The Morgan fingerprint density at radius 2 is 1.66 bits per heavy atom. The van der Waals surface area contributed by atoms with Gasteiger partial charge in [-0.2, -0.15) is 4.99 Å². The lowest BCUT2D eigenvalue weighted by Crippen LogP contribution is -2.61. The molecule has 0 bridgehead atoms. The van der Waals surface area contributed by atoms with Gasteiger partial charge < -0.3 is 20.7 Å². The molecule has 0 aliphatic carbocycles. The molecular formula is C29H38F2N4O3. The number of urea groups is 1. The molecule has 206 valence electrons. The Labute approximate surface area is 223 Å². The predicted molar refractivity (Wildman–Crippen MR) is 146 cm³/mol. The van der Waals surface area contributed by atoms with E-state index in [1.165, 1.54) is 4.90 Å². The van der Waals surface area contributed by atoms with E-state index in [9.17, 15) is 9.59 Å². The molecular weight excluding hydrogens is 490 g/mol. The Morgan fingerprint density at radius 3 is 2.18 bits per heavy atom. The van der Waals surface area contributed by atoms with Crippen molar-refractivity contribution < 1.29 is 23.1 Å². The number of halogens is 2. The van der Waals surface area contributed by atoms with Crippen LogP contribution in [-0.2, 0) is 6.42 Å². The van der Waals surface area contributed by atoms with Gasteiger partial charge in [0.15, 0.2) is 5.60 Å². The molecule has 0 unspecified atom stereocenters. The van der Waals surface area contributed by atoms with Gasteiger partial charge in [0.2, 0.25) is 0 Å². The van der Waals surface area contributed by atoms with Crippen LogP contribution in [0.3, 0.4) is 0 Å². The molecule has 3 N–H and O–H groups in total. The maximum Gasteiger partial charge on any atom is 0.345 e. The van der Waals surface area contributed by atoms with Gasteiger partial charge in [0, 0.05) is 55.4 Å². The second-order valence-electron chi connectivity index (χ2n) is 10.4. The molecule has 0 saturated carbocycles. The van der Waals surface area contributed by atoms with E-state index in [0.29, 0.717) is 22.9 Å². The zero-order chi connectivity index (χ0) is 28.1. The van der Waals surface area contributed by atoms with E-state index in [1.54, 1.807) is 36.4 Å². The van der Waals surface area contributed by atoms with Crippen molar-refractivity contribution in [1.29, 1.82) is 0 Å². The third kappa shape index (κ3) is 6.56. The summed E-state index contributed by atoms with van der Waals surface area (Å²) in [4.78, 5) is 28.6. The van der Waals surface area contributed by atoms with Crippen LogP contribution in [0.25, 0.3) is 11.1 Å². The summed E-state index contributed by atoms with van der Waals surface area (Å²) in [6, 6.07) is 12.4. The molecule has 0 atom stereocenters. The number of nitrogens with two attached hydrogens (primary N) is 1. The van der Waals surface area contributed by atoms with Gasteiger partial charge in [0.05, 0.1) is 0 Å². The lowest BCUT2D eigenvalue weighted by atomic mass is 9.79. The Kier molecular flexibility index (Phi) is 9.25. The number of piperidine rings is 1. The van der Waals surface area contributed by atoms with E-state index in [2.05, 4.69) is 24.2 Å². The van der Waals surface area contributed by atoms with Crippen molar-refractivity contribution in [3.8, 4) is 16.9 Å². The number of likely N-dealkylation sites (tertiary alicyclic amines) is 1. The number of hydrogen-bond donors (Lipinski definition) is 2. The highest BCUT2D eigenvalue weighted by Crippen LogP contribution is 2.49. The minimum Gasteiger partial charge on any atom is -0.481 e. The number of aliphatic imine (C=N–C) groups is 1. The van der Waals surface area contributed by atoms with Gasteiger partial charge in [0.1, 0.15) is 17.9 Å². The summed E-state index contributed by atoms with van der Waals surface area (Å²) in [7, 11) is 1.95. The average molecular weight is 529 g/mol. The van der Waals surface area contributed by atoms with E-state index in [1.807, 2.05) is 27.0 Å². The number of hydrogen-bond acceptors (Lipinski definition) is 4. The van der Waals surface area contributed by atoms with Crippen LogP contribution >= 0.6 is 0 Å². The number of carbonyl (C=O) groups excluding carboxylic acids is 2. The van der Waals surface area contributed by atoms with Gasteiger partial charge in [0.25, 0.3) is 5.92 Å². The van der Waals surface area contributed by atoms with Gasteiger partial charge in [-0.1, -0.05) is 58.0 Å². The lowest BCUT2D eigenvalue weighted by Gasteiger charge is -2.48. The Hall–Kier alpha value is -3.33. The Bertz CT molecular complexity index is 1150. The van der Waals surface area contributed by atoms with Gasteiger partial charge in [-0.05, 0) is 30.3 Å². The highest BCUT2D eigenvalue weighted by molar-refractivity contribution is 5.93. The number of carbonyl (C=O) groups is 2. The van der Waals surface area contributed by atoms with Crippen LogP contribution in [0.15, 0.2) is 47.5 Å². The van der Waals surface area contributed by atoms with Crippen molar-refractivity contribution in [2.24, 2.45) is 16.6 Å². The molecule has 0 radical (unpaired) electrons. The summed E-state index contributed by atoms with van der Waals surface area (Å²) >= 11 is 0. The summed E-state index contributed by atoms with van der Waals surface area (Å²) < 4.78 is 36.7. The summed E-state index contributed by atoms with van der Waals surface area (Å²) in [5.41, 5.74) is 6.72. The number of nitrogens with one attached hydrogen (secondary N) is 1. The fourth-order valence-corrected chi connectivity index (χ4v) is 4.27. The number of ether oxygens (including phenoxy) is 1. The highest BCUT2D eigenvalue weighted by Gasteiger charge is 2.59. The average Bonchev–Trinajstić information content (AvgIpc) is 2.89. The van der Waals surface area contributed by atoms with Crippen LogP contribution in [-0.4, -0.2) is 60.8 Å². The molecule has 1 saturated heterocycles. The van der Waals surface area contributed by atoms with Crippen LogP contribution in [0.2, 0.25) is 0 Å². The van der Waals surface area contributed by atoms with Gasteiger partial charge in [-0.15, -0.1) is 0 Å². The van der Waals surface area contributed by atoms with E-state index >= 15 is 8.78 Å². The summed E-state index contributed by atoms with van der Waals surface area (Å²) in [5.74, 6) is -2.49. The molecule has 2 aliphatic heterocycles. The number of amides is 2. The first-order chi connectivity index (χ1) is 17.9. The largest absolute Gasteiger partial charge is 0.481 e. The number of nitrogens with zero attached hydrogens (tertiary/aromatic N) is 2. The molecule has 4 rings (SSSR count). The number of amidine groups is 1. The zero-order valence-corrected chi connectivity index (χ0v) is 22.8. The Morgan fingerprint density at radius 1 is 1.08 bits per heavy atom. The highest BCUT2D eigenvalue weighted by atomic mass is 19.3. The molecule has 2 heterocycles. The Balaban J connectivity index is 0.000000732. The van der Waals surface area contributed by atoms with Crippen LogP contribution in [0.4, 0.5) is 13.6 Å². The molecule has 7 nitrogen and oxygen atoms in total. The van der Waals surface area contributed by atoms with Crippen LogP contribution < -0.4 is 15.8 Å². The smallest absolute Gasteiger partial charge is 0.345 e. The first-order valence-electron chi connectivity index (χ1n) is 13.0. The van der Waals surface area contributed by atoms with E-state index in [4.69, 9.17) is 10.5 Å². The number of fused-ring (bicyclic) bond motifs is 1. The SMILES string of the molecule is CC(C)/C(N)=N/C(=O)N1CCC2(CC1)Oc1ccc(-c3ccc(C=O)cc3)cc1CC2(F)F.CNC(C)C. The van der Waals surface area contributed by atoms with Gasteiger partial charge in [-0.3, -0.25) is 4.79 Å². The van der Waals surface area contributed by atoms with Crippen molar-refractivity contribution in [2.45, 2.75) is 64.5 Å². The number of benzene rings is 2. The van der Waals surface area contributed by atoms with Gasteiger partial charge in [-0.25, -0.2) is 13.6 Å². The minimum atomic E-state index is -3.09. The minimum absolute atomic E-state index is 0.0111. The van der Waals surface area contributed by atoms with Crippen LogP contribution in [0.5, 0.6) is 5.75 Å². The quantitative estimate of drug-likeness (QED) is 0.318. The molecule has 2 aromatic rings. The molecule has 0 aromatic heterocycles. The fraction of sp³-hybridized carbons (Fsp3) is 0.483. The van der Waals surface area contributed by atoms with Crippen LogP contribution in [0, 0.1) is 5.92 Å². The second-order valence-corrected chi connectivity index (χ2v) is 10.4. The van der Waals surface area contributed by atoms with E-state index in [-0.39, 0.29) is 37.7 Å². The van der Waals surface area contributed by atoms with Crippen molar-refractivity contribution >= 4 is 18.2 Å². The van der Waals surface area contributed by atoms with Crippen molar-refractivity contribution in [2.75, 3.05) is 20.1 Å². The standard InChI is InChI=1S/C25H27F2N3O3.C4H11N/c1-16(2)22(28)29-23(32)30-11-9-24(10-12-30)25(26,27)14-20-13-19(7-8-21(20)33-24)18-5-3-17(15-31)4-6-18;1-4(2)5-3/h3-8,13,15-16H,9-12,14H2,1-2H3,(H2,28,29,32);4-5H,1-3H3. The fourth-order valence-electron chi connectivity index (χ4n) is 4.27. The third-order valence-electron chi connectivity index (χ3n) is 7.06. The monoisotopic (exact) mass is 528 g/mol. The number of alkyl halides is 2. The lowest BCUT2D eigenvalue weighted by molar-refractivity contribution is -0.192. The first kappa shape index (κ1) is 29.2. The maximum absolute atomic E-state index is 15.4. The first-order valence-corrected chi connectivity index (χ1v) is 13.0. The van der Waals surface area contributed by atoms with E-state index < -0.39 is 24.0 Å². The molecule has 2 aliphatic rings. The topological polar surface area (TPSA) is 97.0 Å². The molecule has 1 fully saturated rings. The molecule has 2 aromatic carbocycles. The van der Waals surface area contributed by atoms with Gasteiger partial charge >= 0.3 is 6.03 Å². The van der Waals surface area contributed by atoms with Crippen LogP contribution in [0.1, 0.15) is 56.5 Å². The van der Waals surface area contributed by atoms with E-state index in [0.717, 1.165) is 17.4 Å². The van der Waals surface area contributed by atoms with Crippen molar-refractivity contribution in [3.05, 3.63) is 53.6 Å². The zero-order valence-electron chi connectivity index (χ0n) is 22.8. The summed E-state index contributed by atoms with van der Waals surface area (Å²) in [5, 5.41) is 3.03. The molecule has 38 heavy (non-hydrogen) atoms. The normalized spacial score (nSPS) is 17.9. The predicted octanol–water partition coefficient (Wildman–Crippen LogP) is 5.32. The number of aldehydes is 1. The third-order valence-corrected chi connectivity index (χ3v) is 7.06.